The molecule has 2 N–H and O–H groups in total. The minimum absolute atomic E-state index is 0. The first kappa shape index (κ1) is 27.2. The van der Waals surface area contributed by atoms with Gasteiger partial charge in [0.05, 0.1) is 28.1 Å². The van der Waals surface area contributed by atoms with Gasteiger partial charge in [-0.05, 0) is 32.3 Å². The molecule has 0 amide bonds. The third kappa shape index (κ3) is 5.12. The zero-order valence-electron chi connectivity index (χ0n) is 20.6. The molecule has 0 radical (unpaired) electrons. The van der Waals surface area contributed by atoms with Crippen LogP contribution < -0.4 is 77.5 Å². The van der Waals surface area contributed by atoms with Crippen molar-refractivity contribution in [3.05, 3.63) is 69.5 Å². The van der Waals surface area contributed by atoms with Crippen molar-refractivity contribution >= 4 is 28.2 Å². The molecule has 1 aliphatic carbocycles. The van der Waals surface area contributed by atoms with Gasteiger partial charge in [0.15, 0.2) is 11.6 Å². The summed E-state index contributed by atoms with van der Waals surface area (Å²) in [5.74, 6) is -3.42. The molecule has 2 aliphatic rings. The van der Waals surface area contributed by atoms with E-state index in [-0.39, 0.29) is 98.3 Å². The number of piperazine rings is 1. The number of fused-ring (bicyclic) bond motifs is 1. The number of nitrogens with one attached hydrogen (secondary N) is 2. The second-order valence-electron chi connectivity index (χ2n) is 9.59. The summed E-state index contributed by atoms with van der Waals surface area (Å²) >= 11 is 0. The summed E-state index contributed by atoms with van der Waals surface area (Å²) in [4.78, 5) is 26.7. The Morgan fingerprint density at radius 1 is 1.11 bits per heavy atom. The number of carboxylic acid groups (broad SMARTS) is 1. The molecule has 2 fully saturated rings. The molecule has 7 nitrogen and oxygen atoms in total. The van der Waals surface area contributed by atoms with Gasteiger partial charge in [0, 0.05) is 44.0 Å². The molecular weight excluding hydrogens is 493 g/mol. The molecule has 1 aromatic heterocycles. The zero-order valence-corrected chi connectivity index (χ0v) is 23.7. The van der Waals surface area contributed by atoms with Crippen LogP contribution in [0.25, 0.3) is 10.9 Å². The fourth-order valence-corrected chi connectivity index (χ4v) is 5.05. The van der Waals surface area contributed by atoms with Crippen molar-refractivity contribution in [1.29, 1.82) is 0 Å². The molecule has 184 valence electrons. The van der Waals surface area contributed by atoms with Gasteiger partial charge in [0.1, 0.15) is 5.69 Å². The van der Waals surface area contributed by atoms with Crippen molar-refractivity contribution in [3.8, 4) is 0 Å². The first-order valence-electron chi connectivity index (χ1n) is 11.9. The summed E-state index contributed by atoms with van der Waals surface area (Å²) in [7, 11) is 0. The summed E-state index contributed by atoms with van der Waals surface area (Å²) < 4.78 is 33.9. The maximum absolute atomic E-state index is 16.2. The average Bonchev–Trinajstić information content (AvgIpc) is 3.64. The van der Waals surface area contributed by atoms with Crippen LogP contribution in [0.2, 0.25) is 0 Å². The Morgan fingerprint density at radius 3 is 2.33 bits per heavy atom. The van der Waals surface area contributed by atoms with Crippen molar-refractivity contribution in [2.24, 2.45) is 0 Å². The number of anilines is 2. The van der Waals surface area contributed by atoms with Gasteiger partial charge in [-0.3, -0.25) is 4.79 Å². The van der Waals surface area contributed by atoms with Gasteiger partial charge < -0.3 is 30.0 Å². The van der Waals surface area contributed by atoms with Gasteiger partial charge in [0.2, 0.25) is 5.43 Å². The van der Waals surface area contributed by atoms with E-state index in [1.54, 1.807) is 4.90 Å². The third-order valence-corrected chi connectivity index (χ3v) is 6.67. The topological polar surface area (TPSA) is 89.4 Å². The predicted molar refractivity (Wildman–Crippen MR) is 129 cm³/mol. The Bertz CT molecular complexity index is 1350. The van der Waals surface area contributed by atoms with Crippen molar-refractivity contribution in [3.63, 3.8) is 0 Å². The summed E-state index contributed by atoms with van der Waals surface area (Å²) in [6.07, 6.45) is 2.57. The van der Waals surface area contributed by atoms with E-state index in [1.165, 1.54) is 4.57 Å². The third-order valence-electron chi connectivity index (χ3n) is 6.67. The maximum atomic E-state index is 16.2. The van der Waals surface area contributed by atoms with Crippen LogP contribution in [-0.4, -0.2) is 35.7 Å². The molecule has 5 rings (SSSR count). The number of hydrogen-bond acceptors (Lipinski definition) is 6. The molecule has 0 spiro atoms. The van der Waals surface area contributed by atoms with Crippen molar-refractivity contribution < 1.29 is 70.1 Å². The van der Waals surface area contributed by atoms with Crippen LogP contribution in [0, 0.1) is 11.6 Å². The molecule has 2 atom stereocenters. The number of carbonyl (C=O) groups excluding carboxylic acids is 1. The molecule has 0 bridgehead atoms. The number of aromatic nitrogens is 1. The average molecular weight is 521 g/mol. The fourth-order valence-electron chi connectivity index (χ4n) is 5.05. The Kier molecular flexibility index (Phi) is 8.23. The molecule has 2 aromatic carbocycles. The number of benzene rings is 2. The second-order valence-corrected chi connectivity index (χ2v) is 9.59. The Morgan fingerprint density at radius 2 is 1.75 bits per heavy atom. The van der Waals surface area contributed by atoms with Crippen LogP contribution in [0.1, 0.15) is 48.7 Å². The van der Waals surface area contributed by atoms with Crippen LogP contribution >= 0.6 is 0 Å². The van der Waals surface area contributed by atoms with Gasteiger partial charge >= 0.3 is 51.4 Å². The molecule has 0 unspecified atom stereocenters. The van der Waals surface area contributed by atoms with Gasteiger partial charge in [-0.1, -0.05) is 30.3 Å². The number of pyridine rings is 1. The van der Waals surface area contributed by atoms with Crippen molar-refractivity contribution in [2.75, 3.05) is 23.3 Å². The number of rotatable bonds is 6. The quantitative estimate of drug-likeness (QED) is 0.437. The Balaban J connectivity index is 0.00000304. The van der Waals surface area contributed by atoms with E-state index in [2.05, 4.69) is 10.6 Å². The summed E-state index contributed by atoms with van der Waals surface area (Å²) in [6, 6.07) is 9.03. The van der Waals surface area contributed by atoms with E-state index < -0.39 is 28.6 Å². The molecule has 10 heteroatoms. The van der Waals surface area contributed by atoms with Gasteiger partial charge in [0.25, 0.3) is 0 Å². The van der Waals surface area contributed by atoms with Crippen LogP contribution in [0.5, 0.6) is 0 Å². The van der Waals surface area contributed by atoms with E-state index in [1.807, 2.05) is 44.2 Å². The Labute approximate surface area is 250 Å². The van der Waals surface area contributed by atoms with Gasteiger partial charge in [-0.2, -0.15) is 0 Å². The summed E-state index contributed by atoms with van der Waals surface area (Å²) in [5.41, 5.74) is -1.21. The number of carboxylic acids is 1. The van der Waals surface area contributed by atoms with Crippen LogP contribution in [0.3, 0.4) is 0 Å². The second kappa shape index (κ2) is 10.9. The van der Waals surface area contributed by atoms with Gasteiger partial charge in [-0.25, -0.2) is 8.78 Å². The van der Waals surface area contributed by atoms with Gasteiger partial charge in [-0.15, -0.1) is 0 Å². The molecular formula is C26H27F2KN4O3. The van der Waals surface area contributed by atoms with E-state index in [4.69, 9.17) is 0 Å². The zero-order chi connectivity index (χ0) is 24.9. The maximum Gasteiger partial charge on any atom is 1.00 e. The predicted octanol–water partition coefficient (Wildman–Crippen LogP) is -0.219. The molecule has 2 heterocycles. The minimum atomic E-state index is -1.67. The molecule has 3 aromatic rings. The molecule has 1 saturated carbocycles. The number of halogens is 2. The monoisotopic (exact) mass is 520 g/mol. The van der Waals surface area contributed by atoms with E-state index in [0.717, 1.165) is 11.8 Å². The van der Waals surface area contributed by atoms with E-state index >= 15 is 8.78 Å². The van der Waals surface area contributed by atoms with Crippen LogP contribution in [0.4, 0.5) is 20.2 Å². The molecule has 36 heavy (non-hydrogen) atoms. The number of carbonyl (C=O) groups is 1. The SMILES string of the molecule is C[C@@H]1CN(c2c(F)c(NCc3ccccc3)c3c(=O)c(C(=O)[O-])cn(C4CC4)c3c2F)C[C@H](C)N1.[K+]. The smallest absolute Gasteiger partial charge is 0.545 e. The molecule has 1 aliphatic heterocycles. The number of nitrogens with zero attached hydrogens (tertiary/aromatic N) is 2. The number of aromatic carboxylic acids is 1. The summed E-state index contributed by atoms with van der Waals surface area (Å²) in [5, 5.41) is 17.8. The van der Waals surface area contributed by atoms with E-state index in [9.17, 15) is 14.7 Å². The van der Waals surface area contributed by atoms with Crippen molar-refractivity contribution in [1.82, 2.24) is 9.88 Å². The van der Waals surface area contributed by atoms with Crippen LogP contribution in [-0.2, 0) is 6.54 Å². The first-order valence-corrected chi connectivity index (χ1v) is 11.9. The largest absolute Gasteiger partial charge is 1.00 e. The molecule has 1 saturated heterocycles. The fraction of sp³-hybridized carbons (Fsp3) is 0.385. The van der Waals surface area contributed by atoms with E-state index in [0.29, 0.717) is 25.9 Å². The van der Waals surface area contributed by atoms with Crippen molar-refractivity contribution in [2.45, 2.75) is 51.4 Å². The first-order chi connectivity index (χ1) is 16.8. The summed E-state index contributed by atoms with van der Waals surface area (Å²) in [6.45, 7) is 4.82. The minimum Gasteiger partial charge on any atom is -0.545 e. The standard InChI is InChI=1S/C26H28F2N4O3.K/c1-14-11-31(12-15(2)30-14)24-20(27)22(29-10-16-6-4-3-5-7-16)19-23(21(24)28)32(17-8-9-17)13-18(25(19)33)26(34)35;/h3-7,13-15,17,29-30H,8-12H2,1-2H3,(H,34,35);/q;+1/p-1/t14-,15+;. The normalized spacial score (nSPS) is 19.7. The number of hydrogen-bond donors (Lipinski definition) is 2. The Hall–Kier alpha value is -1.82. The van der Waals surface area contributed by atoms with Crippen LogP contribution in [0.15, 0.2) is 41.3 Å².